The number of benzene rings is 2. The van der Waals surface area contributed by atoms with E-state index in [4.69, 9.17) is 62.7 Å². The fourth-order valence-electron chi connectivity index (χ4n) is 2.83. The zero-order chi connectivity index (χ0) is 28.5. The molecule has 0 amide bonds. The highest BCUT2D eigenvalue weighted by atomic mass is 79.9. The van der Waals surface area contributed by atoms with Gasteiger partial charge in [-0.25, -0.2) is 0 Å². The number of nitrogens with zero attached hydrogens (tertiary/aromatic N) is 2. The molecule has 0 radical (unpaired) electrons. The Balaban J connectivity index is 0.000000218. The number of nitrogens with two attached hydrogens (primary N) is 1. The van der Waals surface area contributed by atoms with Crippen LogP contribution in [0.3, 0.4) is 0 Å². The van der Waals surface area contributed by atoms with Crippen molar-refractivity contribution in [2.75, 3.05) is 20.0 Å². The maximum absolute atomic E-state index is 10.9. The van der Waals surface area contributed by atoms with E-state index in [0.29, 0.717) is 54.7 Å². The minimum atomic E-state index is -1.97. The van der Waals surface area contributed by atoms with Crippen molar-refractivity contribution in [3.05, 3.63) is 80.2 Å². The van der Waals surface area contributed by atoms with Gasteiger partial charge >= 0.3 is 10.3 Å². The van der Waals surface area contributed by atoms with Gasteiger partial charge in [-0.05, 0) is 31.9 Å². The van der Waals surface area contributed by atoms with Crippen LogP contribution in [0.4, 0.5) is 5.69 Å². The number of halogens is 5. The zero-order valence-electron chi connectivity index (χ0n) is 20.0. The summed E-state index contributed by atoms with van der Waals surface area (Å²) in [4.78, 5) is 7.87. The Bertz CT molecular complexity index is 1490. The van der Waals surface area contributed by atoms with Crippen LogP contribution in [-0.2, 0) is 10.3 Å². The predicted molar refractivity (Wildman–Crippen MR) is 159 cm³/mol. The largest absolute Gasteiger partial charge is 0.493 e. The molecule has 9 nitrogen and oxygen atoms in total. The van der Waals surface area contributed by atoms with Crippen molar-refractivity contribution in [2.45, 2.75) is 0 Å². The predicted octanol–water partition coefficient (Wildman–Crippen LogP) is 8.38. The van der Waals surface area contributed by atoms with Crippen molar-refractivity contribution in [3.8, 4) is 40.2 Å². The first-order valence-corrected chi connectivity index (χ1v) is 14.7. The lowest BCUT2D eigenvalue weighted by Gasteiger charge is -2.12. The third-order valence-electron chi connectivity index (χ3n) is 4.47. The molecule has 0 spiro atoms. The van der Waals surface area contributed by atoms with Gasteiger partial charge in [-0.1, -0.05) is 23.2 Å². The first-order valence-electron chi connectivity index (χ1n) is 10.4. The molecule has 39 heavy (non-hydrogen) atoms. The van der Waals surface area contributed by atoms with Gasteiger partial charge < -0.3 is 28.9 Å². The van der Waals surface area contributed by atoms with Gasteiger partial charge in [0.25, 0.3) is 0 Å². The molecule has 1 atom stereocenters. The lowest BCUT2D eigenvalue weighted by molar-refractivity contribution is 0.376. The monoisotopic (exact) mass is 739 g/mol. The highest BCUT2D eigenvalue weighted by Crippen LogP contribution is 2.41. The van der Waals surface area contributed by atoms with Gasteiger partial charge in [0.1, 0.15) is 11.5 Å². The topological polar surface area (TPSA) is 115 Å². The summed E-state index contributed by atoms with van der Waals surface area (Å²) in [5, 5.41) is 0.948. The van der Waals surface area contributed by atoms with Crippen molar-refractivity contribution in [3.63, 3.8) is 0 Å². The van der Waals surface area contributed by atoms with Crippen LogP contribution >= 0.6 is 65.7 Å². The molecule has 1 unspecified atom stereocenters. The molecule has 15 heteroatoms. The fraction of sp³-hybridized carbons (Fsp3) is 0.0833. The maximum Gasteiger partial charge on any atom is 0.308 e. The molecule has 4 rings (SSSR count). The van der Waals surface area contributed by atoms with Gasteiger partial charge in [0, 0.05) is 69.6 Å². The Morgan fingerprint density at radius 1 is 0.718 bits per heavy atom. The fourth-order valence-corrected chi connectivity index (χ4v) is 4.47. The van der Waals surface area contributed by atoms with Crippen LogP contribution in [0.25, 0.3) is 0 Å². The highest BCUT2D eigenvalue weighted by Gasteiger charge is 2.14. The van der Waals surface area contributed by atoms with E-state index >= 15 is 0 Å². The summed E-state index contributed by atoms with van der Waals surface area (Å²) in [6.07, 6.45) is 6.10. The molecule has 0 fully saturated rings. The van der Waals surface area contributed by atoms with Gasteiger partial charge in [-0.2, -0.15) is 4.21 Å². The minimum absolute atomic E-state index is 0.261. The summed E-state index contributed by atoms with van der Waals surface area (Å²) in [7, 11) is 6.35. The quantitative estimate of drug-likeness (QED) is 0.141. The standard InChI is InChI=1S/C12H8BrCl2NO4S.C12H10BrClN2O2/c1-18-11-4-10(20-21(15)17)9(13)3-12(11)19-8-2-7(14)5-16-6-8;1-17-11-4-10(15)9(13)3-12(11)18-8-2-7(14)5-16-6-8/h2-6H,1H3;2-6H,15H2,1H3. The molecule has 0 aliphatic heterocycles. The number of aromatic nitrogens is 2. The third kappa shape index (κ3) is 9.30. The van der Waals surface area contributed by atoms with E-state index in [9.17, 15) is 4.21 Å². The zero-order valence-corrected chi connectivity index (χ0v) is 26.2. The SMILES string of the molecule is COc1cc(N)c(Br)cc1Oc1cncc(Cl)c1.COc1cc(OS(=O)Cl)c(Br)cc1Oc1cncc(Cl)c1. The molecule has 0 aliphatic carbocycles. The van der Waals surface area contributed by atoms with E-state index < -0.39 is 10.3 Å². The molecule has 0 saturated carbocycles. The normalized spacial score (nSPS) is 11.1. The third-order valence-corrected chi connectivity index (χ3v) is 6.69. The average molecular weight is 743 g/mol. The summed E-state index contributed by atoms with van der Waals surface area (Å²) in [5.41, 5.74) is 6.34. The van der Waals surface area contributed by atoms with Crippen LogP contribution in [0.2, 0.25) is 10.0 Å². The first-order chi connectivity index (χ1) is 18.6. The number of hydrogen-bond acceptors (Lipinski definition) is 9. The summed E-state index contributed by atoms with van der Waals surface area (Å²) >= 11 is 18.3. The molecule has 0 bridgehead atoms. The number of methoxy groups -OCH3 is 2. The Kier molecular flexibility index (Phi) is 11.8. The average Bonchev–Trinajstić information content (AvgIpc) is 2.88. The maximum atomic E-state index is 10.9. The number of rotatable bonds is 8. The van der Waals surface area contributed by atoms with Crippen molar-refractivity contribution in [1.82, 2.24) is 9.97 Å². The molecule has 2 heterocycles. The van der Waals surface area contributed by atoms with Crippen molar-refractivity contribution < 1.29 is 27.3 Å². The van der Waals surface area contributed by atoms with Crippen LogP contribution in [-0.4, -0.2) is 28.4 Å². The van der Waals surface area contributed by atoms with Crippen LogP contribution in [0.5, 0.6) is 40.2 Å². The van der Waals surface area contributed by atoms with E-state index in [0.717, 1.165) is 4.47 Å². The van der Waals surface area contributed by atoms with Gasteiger partial charge in [0.05, 0.1) is 41.1 Å². The van der Waals surface area contributed by atoms with Gasteiger partial charge in [0.2, 0.25) is 0 Å². The lowest BCUT2D eigenvalue weighted by Crippen LogP contribution is -1.96. The number of hydrogen-bond donors (Lipinski definition) is 1. The van der Waals surface area contributed by atoms with Crippen LogP contribution < -0.4 is 28.9 Å². The number of anilines is 1. The van der Waals surface area contributed by atoms with E-state index in [1.807, 2.05) is 0 Å². The Morgan fingerprint density at radius 3 is 1.67 bits per heavy atom. The van der Waals surface area contributed by atoms with Crippen molar-refractivity contribution in [2.24, 2.45) is 0 Å². The summed E-state index contributed by atoms with van der Waals surface area (Å²) < 4.78 is 38.8. The summed E-state index contributed by atoms with van der Waals surface area (Å²) in [6.45, 7) is 0. The van der Waals surface area contributed by atoms with Crippen molar-refractivity contribution >= 4 is 81.7 Å². The van der Waals surface area contributed by atoms with Gasteiger partial charge in [-0.15, -0.1) is 0 Å². The second-order valence-electron chi connectivity index (χ2n) is 7.12. The summed E-state index contributed by atoms with van der Waals surface area (Å²) in [6, 6.07) is 9.78. The molecule has 2 N–H and O–H groups in total. The molecular weight excluding hydrogens is 725 g/mol. The first kappa shape index (κ1) is 31.1. The molecule has 0 aliphatic rings. The number of ether oxygens (including phenoxy) is 4. The minimum Gasteiger partial charge on any atom is -0.493 e. The smallest absolute Gasteiger partial charge is 0.308 e. The summed E-state index contributed by atoms with van der Waals surface area (Å²) in [5.74, 6) is 3.08. The van der Waals surface area contributed by atoms with E-state index in [1.165, 1.54) is 31.8 Å². The molecule has 4 aromatic rings. The second kappa shape index (κ2) is 14.8. The number of nitrogen functional groups attached to an aromatic ring is 1. The molecule has 206 valence electrons. The van der Waals surface area contributed by atoms with E-state index in [1.54, 1.807) is 43.6 Å². The van der Waals surface area contributed by atoms with Gasteiger partial charge in [0.15, 0.2) is 28.7 Å². The van der Waals surface area contributed by atoms with Gasteiger partial charge in [-0.3, -0.25) is 9.97 Å². The Morgan fingerprint density at radius 2 is 1.21 bits per heavy atom. The van der Waals surface area contributed by atoms with Crippen molar-refractivity contribution in [1.29, 1.82) is 0 Å². The lowest BCUT2D eigenvalue weighted by atomic mass is 10.3. The second-order valence-corrected chi connectivity index (χ2v) is 11.0. The van der Waals surface area contributed by atoms with Crippen LogP contribution in [0.15, 0.2) is 70.1 Å². The van der Waals surface area contributed by atoms with Crippen LogP contribution in [0.1, 0.15) is 0 Å². The van der Waals surface area contributed by atoms with E-state index in [2.05, 4.69) is 41.8 Å². The molecule has 2 aromatic heterocycles. The molecule has 2 aromatic carbocycles. The van der Waals surface area contributed by atoms with E-state index in [-0.39, 0.29) is 5.75 Å². The molecule has 0 saturated heterocycles. The Hall–Kier alpha value is -2.48. The Labute approximate surface area is 257 Å². The number of pyridine rings is 2. The van der Waals surface area contributed by atoms with Crippen LogP contribution in [0, 0.1) is 0 Å². The highest BCUT2D eigenvalue weighted by molar-refractivity contribution is 9.11. The molecular formula is C24H18Br2Cl3N3O6S.